The predicted molar refractivity (Wildman–Crippen MR) is 37.5 cm³/mol. The average Bonchev–Trinajstić information content (AvgIpc) is 2.17. The molecule has 9 heavy (non-hydrogen) atoms. The van der Waals surface area contributed by atoms with Crippen LogP contribution in [0.4, 0.5) is 0 Å². The van der Waals surface area contributed by atoms with Gasteiger partial charge >= 0.3 is 0 Å². The van der Waals surface area contributed by atoms with Crippen LogP contribution in [-0.2, 0) is 4.74 Å². The van der Waals surface area contributed by atoms with E-state index in [-0.39, 0.29) is 0 Å². The summed E-state index contributed by atoms with van der Waals surface area (Å²) in [4.78, 5) is 0. The number of hydrogen-bond donors (Lipinski definition) is 1. The molecule has 1 rings (SSSR count). The van der Waals surface area contributed by atoms with Gasteiger partial charge in [-0.25, -0.2) is 0 Å². The zero-order chi connectivity index (χ0) is 6.69. The first kappa shape index (κ1) is 7.03. The lowest BCUT2D eigenvalue weighted by atomic mass is 10.2. The third-order valence-electron chi connectivity index (χ3n) is 1.71. The van der Waals surface area contributed by atoms with Crippen LogP contribution in [0.5, 0.6) is 0 Å². The van der Waals surface area contributed by atoms with Gasteiger partial charge in [0.25, 0.3) is 0 Å². The Morgan fingerprint density at radius 1 is 1.67 bits per heavy atom. The van der Waals surface area contributed by atoms with Crippen LogP contribution >= 0.6 is 0 Å². The van der Waals surface area contributed by atoms with Crippen LogP contribution in [0.25, 0.3) is 0 Å². The van der Waals surface area contributed by atoms with E-state index in [1.54, 1.807) is 0 Å². The van der Waals surface area contributed by atoms with Crippen molar-refractivity contribution < 1.29 is 4.74 Å². The van der Waals surface area contributed by atoms with E-state index in [1.807, 2.05) is 6.92 Å². The van der Waals surface area contributed by atoms with Crippen molar-refractivity contribution in [3.63, 3.8) is 0 Å². The maximum atomic E-state index is 5.41. The van der Waals surface area contributed by atoms with Gasteiger partial charge in [-0.2, -0.15) is 0 Å². The fraction of sp³-hybridized carbons (Fsp3) is 1.00. The molecule has 0 saturated carbocycles. The summed E-state index contributed by atoms with van der Waals surface area (Å²) in [5.41, 5.74) is 0. The van der Waals surface area contributed by atoms with Crippen LogP contribution in [0.15, 0.2) is 0 Å². The van der Waals surface area contributed by atoms with E-state index in [4.69, 9.17) is 4.74 Å². The zero-order valence-corrected chi connectivity index (χ0v) is 6.18. The molecule has 1 heterocycles. The van der Waals surface area contributed by atoms with Crippen LogP contribution in [0.2, 0.25) is 0 Å². The number of rotatable bonds is 2. The highest BCUT2D eigenvalue weighted by Gasteiger charge is 2.19. The minimum absolute atomic E-state index is 0.477. The second-order valence-electron chi connectivity index (χ2n) is 2.62. The lowest BCUT2D eigenvalue weighted by Crippen LogP contribution is -2.18. The molecule has 0 bridgehead atoms. The maximum absolute atomic E-state index is 5.41. The first-order valence-electron chi connectivity index (χ1n) is 3.68. The summed E-state index contributed by atoms with van der Waals surface area (Å²) in [6.07, 6.45) is 1.65. The highest BCUT2D eigenvalue weighted by atomic mass is 16.5. The Bertz CT molecular complexity index is 83.0. The van der Waals surface area contributed by atoms with E-state index in [0.717, 1.165) is 13.2 Å². The minimum atomic E-state index is 0.477. The molecule has 0 radical (unpaired) electrons. The van der Waals surface area contributed by atoms with Crippen molar-refractivity contribution in [1.29, 1.82) is 0 Å². The smallest absolute Gasteiger partial charge is 0.0714 e. The monoisotopic (exact) mass is 129 g/mol. The van der Waals surface area contributed by atoms with Crippen molar-refractivity contribution >= 4 is 0 Å². The fourth-order valence-electron chi connectivity index (χ4n) is 1.26. The SMILES string of the molecule is CCOC1CNC(C)C1. The zero-order valence-electron chi connectivity index (χ0n) is 6.18. The van der Waals surface area contributed by atoms with E-state index in [0.29, 0.717) is 12.1 Å². The minimum Gasteiger partial charge on any atom is -0.377 e. The van der Waals surface area contributed by atoms with Gasteiger partial charge in [0.15, 0.2) is 0 Å². The molecule has 0 spiro atoms. The van der Waals surface area contributed by atoms with Gasteiger partial charge in [0, 0.05) is 19.2 Å². The molecule has 54 valence electrons. The summed E-state index contributed by atoms with van der Waals surface area (Å²) >= 11 is 0. The molecule has 0 amide bonds. The topological polar surface area (TPSA) is 21.3 Å². The second-order valence-corrected chi connectivity index (χ2v) is 2.62. The number of nitrogens with one attached hydrogen (secondary N) is 1. The third kappa shape index (κ3) is 1.95. The van der Waals surface area contributed by atoms with Gasteiger partial charge in [-0.1, -0.05) is 0 Å². The van der Waals surface area contributed by atoms with Gasteiger partial charge in [-0.3, -0.25) is 0 Å². The molecule has 2 atom stereocenters. The van der Waals surface area contributed by atoms with Crippen molar-refractivity contribution in [3.05, 3.63) is 0 Å². The van der Waals surface area contributed by atoms with E-state index < -0.39 is 0 Å². The van der Waals surface area contributed by atoms with Crippen molar-refractivity contribution in [2.45, 2.75) is 32.4 Å². The molecule has 1 saturated heterocycles. The Balaban J connectivity index is 2.14. The number of hydrogen-bond acceptors (Lipinski definition) is 2. The molecule has 2 unspecified atom stereocenters. The van der Waals surface area contributed by atoms with Gasteiger partial charge in [0.2, 0.25) is 0 Å². The lowest BCUT2D eigenvalue weighted by molar-refractivity contribution is 0.0761. The molecule has 0 aromatic heterocycles. The molecule has 1 fully saturated rings. The molecular weight excluding hydrogens is 114 g/mol. The van der Waals surface area contributed by atoms with Crippen molar-refractivity contribution in [2.24, 2.45) is 0 Å². The Hall–Kier alpha value is -0.0800. The Kier molecular flexibility index (Phi) is 2.49. The van der Waals surface area contributed by atoms with E-state index >= 15 is 0 Å². The largest absolute Gasteiger partial charge is 0.377 e. The first-order valence-corrected chi connectivity index (χ1v) is 3.68. The molecule has 0 aromatic carbocycles. The molecule has 2 nitrogen and oxygen atoms in total. The van der Waals surface area contributed by atoms with Crippen molar-refractivity contribution in [2.75, 3.05) is 13.2 Å². The van der Waals surface area contributed by atoms with Gasteiger partial charge in [-0.05, 0) is 20.3 Å². The lowest BCUT2D eigenvalue weighted by Gasteiger charge is -2.06. The molecule has 2 heteroatoms. The molecule has 1 N–H and O–H groups in total. The third-order valence-corrected chi connectivity index (χ3v) is 1.71. The van der Waals surface area contributed by atoms with Gasteiger partial charge in [-0.15, -0.1) is 0 Å². The summed E-state index contributed by atoms with van der Waals surface area (Å²) in [5, 5.41) is 3.33. The van der Waals surface area contributed by atoms with Crippen LogP contribution in [0, 0.1) is 0 Å². The van der Waals surface area contributed by atoms with Crippen molar-refractivity contribution in [1.82, 2.24) is 5.32 Å². The quantitative estimate of drug-likeness (QED) is 0.594. The standard InChI is InChI=1S/C7H15NO/c1-3-9-7-4-6(2)8-5-7/h6-8H,3-5H2,1-2H3. The van der Waals surface area contributed by atoms with E-state index in [2.05, 4.69) is 12.2 Å². The fourth-order valence-corrected chi connectivity index (χ4v) is 1.26. The summed E-state index contributed by atoms with van der Waals surface area (Å²) in [5.74, 6) is 0. The van der Waals surface area contributed by atoms with E-state index in [1.165, 1.54) is 6.42 Å². The molecule has 0 aliphatic carbocycles. The predicted octanol–water partition coefficient (Wildman–Crippen LogP) is 0.773. The summed E-state index contributed by atoms with van der Waals surface area (Å²) in [6, 6.07) is 0.654. The summed E-state index contributed by atoms with van der Waals surface area (Å²) in [6.45, 7) is 6.12. The Morgan fingerprint density at radius 3 is 2.89 bits per heavy atom. The van der Waals surface area contributed by atoms with E-state index in [9.17, 15) is 0 Å². The Morgan fingerprint density at radius 2 is 2.44 bits per heavy atom. The highest BCUT2D eigenvalue weighted by molar-refractivity contribution is 4.78. The Labute approximate surface area is 56.6 Å². The normalized spacial score (nSPS) is 35.3. The molecule has 1 aliphatic rings. The number of ether oxygens (including phenoxy) is 1. The van der Waals surface area contributed by atoms with Crippen LogP contribution in [0.1, 0.15) is 20.3 Å². The summed E-state index contributed by atoms with van der Waals surface area (Å²) in [7, 11) is 0. The maximum Gasteiger partial charge on any atom is 0.0714 e. The average molecular weight is 129 g/mol. The molecular formula is C7H15NO. The summed E-state index contributed by atoms with van der Waals surface area (Å²) < 4.78 is 5.41. The van der Waals surface area contributed by atoms with Gasteiger partial charge < -0.3 is 10.1 Å². The molecule has 0 aromatic rings. The first-order chi connectivity index (χ1) is 4.33. The van der Waals surface area contributed by atoms with Crippen LogP contribution in [0.3, 0.4) is 0 Å². The molecule has 1 aliphatic heterocycles. The van der Waals surface area contributed by atoms with Gasteiger partial charge in [0.1, 0.15) is 0 Å². The van der Waals surface area contributed by atoms with Crippen molar-refractivity contribution in [3.8, 4) is 0 Å². The van der Waals surface area contributed by atoms with Gasteiger partial charge in [0.05, 0.1) is 6.10 Å². The van der Waals surface area contributed by atoms with Crippen LogP contribution in [-0.4, -0.2) is 25.3 Å². The second kappa shape index (κ2) is 3.18. The van der Waals surface area contributed by atoms with Crippen LogP contribution < -0.4 is 5.32 Å². The highest BCUT2D eigenvalue weighted by Crippen LogP contribution is 2.08.